The van der Waals surface area contributed by atoms with Crippen LogP contribution in [0.3, 0.4) is 0 Å². The van der Waals surface area contributed by atoms with Crippen molar-refractivity contribution in [2.75, 3.05) is 5.73 Å². The van der Waals surface area contributed by atoms with Gasteiger partial charge >= 0.3 is 11.9 Å². The lowest BCUT2D eigenvalue weighted by Crippen LogP contribution is -1.96. The Kier molecular flexibility index (Phi) is 2.09. The van der Waals surface area contributed by atoms with Crippen molar-refractivity contribution < 1.29 is 14.4 Å². The molecule has 15 heavy (non-hydrogen) atoms. The number of nitrogen functional groups attached to an aromatic ring is 1. The number of carboxylic acids is 1. The molecule has 2 aromatic rings. The quantitative estimate of drug-likeness (QED) is 0.709. The molecule has 1 aromatic heterocycles. The number of anilines is 1. The van der Waals surface area contributed by atoms with E-state index < -0.39 is 11.9 Å². The summed E-state index contributed by atoms with van der Waals surface area (Å²) in [7, 11) is 0. The predicted octanol–water partition coefficient (Wildman–Crippen LogP) is 1.02. The van der Waals surface area contributed by atoms with Crippen molar-refractivity contribution >= 4 is 11.7 Å². The summed E-state index contributed by atoms with van der Waals surface area (Å²) in [6.45, 7) is 0. The second-order valence-corrected chi connectivity index (χ2v) is 2.82. The summed E-state index contributed by atoms with van der Waals surface area (Å²) in [6, 6.07) is 6.87. The molecule has 0 atom stereocenters. The van der Waals surface area contributed by atoms with Gasteiger partial charge in [0.15, 0.2) is 0 Å². The topological polar surface area (TPSA) is 102 Å². The van der Waals surface area contributed by atoms with E-state index in [0.29, 0.717) is 11.3 Å². The number of aromatic carboxylic acids is 1. The number of benzene rings is 1. The number of carboxylic acid groups (broad SMARTS) is 1. The molecule has 0 unspecified atom stereocenters. The second kappa shape index (κ2) is 3.41. The number of hydrogen-bond donors (Lipinski definition) is 2. The van der Waals surface area contributed by atoms with Gasteiger partial charge in [-0.1, -0.05) is 17.3 Å². The Labute approximate surface area is 84.3 Å². The van der Waals surface area contributed by atoms with Crippen molar-refractivity contribution in [3.8, 4) is 11.4 Å². The highest BCUT2D eigenvalue weighted by molar-refractivity contribution is 5.83. The maximum Gasteiger partial charge on any atom is 0.394 e. The van der Waals surface area contributed by atoms with E-state index in [0.717, 1.165) is 0 Å². The van der Waals surface area contributed by atoms with Gasteiger partial charge < -0.3 is 15.4 Å². The van der Waals surface area contributed by atoms with Crippen LogP contribution in [0.4, 0.5) is 5.69 Å². The summed E-state index contributed by atoms with van der Waals surface area (Å²) in [4.78, 5) is 14.2. The van der Waals surface area contributed by atoms with Crippen molar-refractivity contribution in [3.63, 3.8) is 0 Å². The number of nitrogens with zero attached hydrogens (tertiary/aromatic N) is 2. The lowest BCUT2D eigenvalue weighted by molar-refractivity contribution is 0.0643. The molecule has 0 spiro atoms. The van der Waals surface area contributed by atoms with Crippen LogP contribution in [0, 0.1) is 0 Å². The van der Waals surface area contributed by atoms with Crippen LogP contribution in [0.5, 0.6) is 0 Å². The van der Waals surface area contributed by atoms with Gasteiger partial charge in [0.2, 0.25) is 5.82 Å². The van der Waals surface area contributed by atoms with Crippen molar-refractivity contribution in [1.82, 2.24) is 10.1 Å². The van der Waals surface area contributed by atoms with E-state index in [-0.39, 0.29) is 5.82 Å². The molecular weight excluding hydrogens is 198 g/mol. The Morgan fingerprint density at radius 3 is 2.73 bits per heavy atom. The molecule has 0 fully saturated rings. The number of carbonyl (C=O) groups is 1. The molecule has 0 radical (unpaired) electrons. The van der Waals surface area contributed by atoms with Gasteiger partial charge in [-0.2, -0.15) is 4.98 Å². The molecule has 0 aliphatic rings. The molecule has 1 aromatic carbocycles. The fraction of sp³-hybridized carbons (Fsp3) is 0. The zero-order chi connectivity index (χ0) is 10.8. The van der Waals surface area contributed by atoms with Crippen LogP contribution in [-0.4, -0.2) is 21.2 Å². The summed E-state index contributed by atoms with van der Waals surface area (Å²) < 4.78 is 4.52. The minimum Gasteiger partial charge on any atom is -0.474 e. The van der Waals surface area contributed by atoms with Crippen molar-refractivity contribution in [2.24, 2.45) is 0 Å². The molecule has 3 N–H and O–H groups in total. The van der Waals surface area contributed by atoms with Gasteiger partial charge in [-0.05, 0) is 12.1 Å². The first-order chi connectivity index (χ1) is 7.18. The van der Waals surface area contributed by atoms with E-state index in [2.05, 4.69) is 14.7 Å². The van der Waals surface area contributed by atoms with E-state index in [1.54, 1.807) is 24.3 Å². The third kappa shape index (κ3) is 1.64. The molecule has 6 nitrogen and oxygen atoms in total. The molecule has 2 rings (SSSR count). The Hall–Kier alpha value is -2.37. The van der Waals surface area contributed by atoms with E-state index in [9.17, 15) is 4.79 Å². The Balaban J connectivity index is 2.46. The summed E-state index contributed by atoms with van der Waals surface area (Å²) in [5, 5.41) is 12.1. The highest BCUT2D eigenvalue weighted by Crippen LogP contribution is 2.22. The Morgan fingerprint density at radius 2 is 2.13 bits per heavy atom. The van der Waals surface area contributed by atoms with E-state index in [1.807, 2.05) is 0 Å². The summed E-state index contributed by atoms with van der Waals surface area (Å²) in [5.41, 5.74) is 6.69. The second-order valence-electron chi connectivity index (χ2n) is 2.82. The van der Waals surface area contributed by atoms with E-state index >= 15 is 0 Å². The van der Waals surface area contributed by atoms with Crippen molar-refractivity contribution in [1.29, 1.82) is 0 Å². The molecule has 6 heteroatoms. The Bertz CT molecular complexity index is 507. The van der Waals surface area contributed by atoms with E-state index in [4.69, 9.17) is 10.8 Å². The van der Waals surface area contributed by atoms with Crippen LogP contribution in [0.1, 0.15) is 10.7 Å². The normalized spacial score (nSPS) is 10.1. The molecule has 0 aliphatic heterocycles. The first-order valence-corrected chi connectivity index (χ1v) is 4.10. The smallest absolute Gasteiger partial charge is 0.394 e. The summed E-state index contributed by atoms with van der Waals surface area (Å²) in [6.07, 6.45) is 0. The fourth-order valence-electron chi connectivity index (χ4n) is 1.12. The van der Waals surface area contributed by atoms with Gasteiger partial charge in [-0.25, -0.2) is 4.79 Å². The van der Waals surface area contributed by atoms with Crippen molar-refractivity contribution in [2.45, 2.75) is 0 Å². The van der Waals surface area contributed by atoms with Crippen LogP contribution in [0.2, 0.25) is 0 Å². The average Bonchev–Trinajstić information content (AvgIpc) is 2.67. The first-order valence-electron chi connectivity index (χ1n) is 4.10. The minimum atomic E-state index is -1.26. The highest BCUT2D eigenvalue weighted by atomic mass is 16.5. The highest BCUT2D eigenvalue weighted by Gasteiger charge is 2.15. The maximum absolute atomic E-state index is 10.5. The molecule has 76 valence electrons. The van der Waals surface area contributed by atoms with Crippen LogP contribution >= 0.6 is 0 Å². The average molecular weight is 205 g/mol. The number of hydrogen-bond acceptors (Lipinski definition) is 5. The fourth-order valence-corrected chi connectivity index (χ4v) is 1.12. The number of para-hydroxylation sites is 1. The lowest BCUT2D eigenvalue weighted by atomic mass is 10.2. The van der Waals surface area contributed by atoms with Crippen LogP contribution in [-0.2, 0) is 0 Å². The predicted molar refractivity (Wildman–Crippen MR) is 51.1 cm³/mol. The molecule has 0 bridgehead atoms. The summed E-state index contributed by atoms with van der Waals surface area (Å²) >= 11 is 0. The zero-order valence-corrected chi connectivity index (χ0v) is 7.54. The molecular formula is C9H7N3O3. The SMILES string of the molecule is Nc1ccccc1-c1noc(C(=O)O)n1. The third-order valence-electron chi connectivity index (χ3n) is 1.81. The molecule has 0 saturated heterocycles. The van der Waals surface area contributed by atoms with Gasteiger partial charge in [0, 0.05) is 11.3 Å². The maximum atomic E-state index is 10.5. The number of rotatable bonds is 2. The monoisotopic (exact) mass is 205 g/mol. The van der Waals surface area contributed by atoms with Gasteiger partial charge in [0.25, 0.3) is 0 Å². The number of nitrogens with two attached hydrogens (primary N) is 1. The van der Waals surface area contributed by atoms with Crippen molar-refractivity contribution in [3.05, 3.63) is 30.2 Å². The molecule has 0 saturated carbocycles. The lowest BCUT2D eigenvalue weighted by Gasteiger charge is -1.97. The molecule has 0 amide bonds. The van der Waals surface area contributed by atoms with Crippen LogP contribution in [0.15, 0.2) is 28.8 Å². The zero-order valence-electron chi connectivity index (χ0n) is 7.54. The summed E-state index contributed by atoms with van der Waals surface area (Å²) in [5.74, 6) is -1.54. The van der Waals surface area contributed by atoms with Gasteiger partial charge in [0.1, 0.15) is 0 Å². The van der Waals surface area contributed by atoms with Crippen LogP contribution in [0.25, 0.3) is 11.4 Å². The standard InChI is InChI=1S/C9H7N3O3/c10-6-4-2-1-3-5(6)7-11-8(9(13)14)15-12-7/h1-4H,10H2,(H,13,14). The minimum absolute atomic E-state index is 0.172. The largest absolute Gasteiger partial charge is 0.474 e. The van der Waals surface area contributed by atoms with Gasteiger partial charge in [-0.15, -0.1) is 0 Å². The third-order valence-corrected chi connectivity index (χ3v) is 1.81. The first kappa shape index (κ1) is 9.20. The molecule has 1 heterocycles. The molecule has 0 aliphatic carbocycles. The van der Waals surface area contributed by atoms with Crippen LogP contribution < -0.4 is 5.73 Å². The van der Waals surface area contributed by atoms with E-state index in [1.165, 1.54) is 0 Å². The van der Waals surface area contributed by atoms with Gasteiger partial charge in [-0.3, -0.25) is 0 Å². The van der Waals surface area contributed by atoms with Gasteiger partial charge in [0.05, 0.1) is 0 Å². The number of aromatic nitrogens is 2. The Morgan fingerprint density at radius 1 is 1.40 bits per heavy atom.